The maximum absolute atomic E-state index is 12.5. The summed E-state index contributed by atoms with van der Waals surface area (Å²) in [6.07, 6.45) is -3.93. The zero-order valence-electron chi connectivity index (χ0n) is 9.61. The highest BCUT2D eigenvalue weighted by Gasteiger charge is 2.40. The molecule has 0 bridgehead atoms. The molecule has 0 spiro atoms. The second kappa shape index (κ2) is 4.96. The van der Waals surface area contributed by atoms with Crippen LogP contribution in [0.2, 0.25) is 0 Å². The van der Waals surface area contributed by atoms with E-state index in [2.05, 4.69) is 4.84 Å². The Hall–Kier alpha value is -0.790. The van der Waals surface area contributed by atoms with Crippen LogP contribution in [0.5, 0.6) is 0 Å². The molecule has 1 aliphatic rings. The molecule has 1 aromatic carbocycles. The Morgan fingerprint density at radius 3 is 2.42 bits per heavy atom. The van der Waals surface area contributed by atoms with E-state index in [-0.39, 0.29) is 10.9 Å². The van der Waals surface area contributed by atoms with Crippen LogP contribution in [-0.2, 0) is 16.0 Å². The van der Waals surface area contributed by atoms with Crippen LogP contribution in [0.25, 0.3) is 0 Å². The van der Waals surface area contributed by atoms with Gasteiger partial charge in [-0.15, -0.1) is 0 Å². The van der Waals surface area contributed by atoms with Gasteiger partial charge in [0.15, 0.2) is 9.84 Å². The zero-order chi connectivity index (χ0) is 14.3. The number of nitrogens with one attached hydrogen (secondary N) is 1. The lowest BCUT2D eigenvalue weighted by Crippen LogP contribution is -2.44. The summed E-state index contributed by atoms with van der Waals surface area (Å²) in [5, 5.41) is -0.674. The minimum Gasteiger partial charge on any atom is -0.230 e. The molecule has 0 radical (unpaired) electrons. The van der Waals surface area contributed by atoms with Gasteiger partial charge in [-0.2, -0.15) is 13.2 Å². The lowest BCUT2D eigenvalue weighted by atomic mass is 9.93. The lowest BCUT2D eigenvalue weighted by Gasteiger charge is -2.33. The number of rotatable bonds is 3. The summed E-state index contributed by atoms with van der Waals surface area (Å²) in [7, 11) is -3.73. The smallest absolute Gasteiger partial charge is 0.230 e. The molecule has 0 saturated heterocycles. The van der Waals surface area contributed by atoms with Crippen molar-refractivity contribution < 1.29 is 21.6 Å². The minimum atomic E-state index is -4.55. The summed E-state index contributed by atoms with van der Waals surface area (Å²) in [5.41, 5.74) is -0.958. The van der Waals surface area contributed by atoms with E-state index in [0.717, 1.165) is 12.1 Å². The Balaban J connectivity index is 2.27. The molecule has 0 atom stereocenters. The summed E-state index contributed by atoms with van der Waals surface area (Å²) in [4.78, 5) is 2.13. The van der Waals surface area contributed by atoms with Crippen molar-refractivity contribution in [1.29, 1.82) is 0 Å². The predicted octanol–water partition coefficient (Wildman–Crippen LogP) is 2.75. The molecule has 0 aromatic heterocycles. The SMILES string of the molecule is O=S(=O)(c1cccc(C(F)(F)F)c1)[C@H]1C[C@H](NCl)C1. The van der Waals surface area contributed by atoms with Crippen LogP contribution in [0.3, 0.4) is 0 Å². The van der Waals surface area contributed by atoms with E-state index in [9.17, 15) is 21.6 Å². The second-order valence-corrected chi connectivity index (χ2v) is 6.92. The average Bonchev–Trinajstić information content (AvgIpc) is 2.26. The fourth-order valence-electron chi connectivity index (χ4n) is 1.95. The molecule has 0 unspecified atom stereocenters. The lowest BCUT2D eigenvalue weighted by molar-refractivity contribution is -0.137. The number of hydrogen-bond acceptors (Lipinski definition) is 3. The predicted molar refractivity (Wildman–Crippen MR) is 64.4 cm³/mol. The third-order valence-electron chi connectivity index (χ3n) is 3.18. The Bertz CT molecular complexity index is 568. The van der Waals surface area contributed by atoms with Crippen molar-refractivity contribution in [2.45, 2.75) is 35.2 Å². The maximum Gasteiger partial charge on any atom is 0.416 e. The van der Waals surface area contributed by atoms with Gasteiger partial charge in [0.05, 0.1) is 15.7 Å². The molecule has 0 amide bonds. The van der Waals surface area contributed by atoms with Crippen LogP contribution in [0.4, 0.5) is 13.2 Å². The fourth-order valence-corrected chi connectivity index (χ4v) is 4.04. The van der Waals surface area contributed by atoms with E-state index in [1.165, 1.54) is 6.07 Å². The number of hydrogen-bond donors (Lipinski definition) is 1. The molecule has 1 saturated carbocycles. The molecule has 1 fully saturated rings. The highest BCUT2D eigenvalue weighted by molar-refractivity contribution is 7.92. The summed E-state index contributed by atoms with van der Waals surface area (Å²) in [5.74, 6) is 0. The second-order valence-electron chi connectivity index (χ2n) is 4.47. The standard InChI is InChI=1S/C11H11ClF3NO2S/c12-16-8-5-10(6-8)19(17,18)9-3-1-2-7(4-9)11(13,14)15/h1-4,8,10,16H,5-6H2/t8-,10-. The van der Waals surface area contributed by atoms with Crippen molar-refractivity contribution in [3.63, 3.8) is 0 Å². The van der Waals surface area contributed by atoms with E-state index in [4.69, 9.17) is 11.8 Å². The molecule has 1 aliphatic carbocycles. The molecule has 3 nitrogen and oxygen atoms in total. The first-order valence-electron chi connectivity index (χ1n) is 5.52. The van der Waals surface area contributed by atoms with Gasteiger partial charge in [0.25, 0.3) is 0 Å². The van der Waals surface area contributed by atoms with E-state index in [1.54, 1.807) is 0 Å². The number of alkyl halides is 3. The summed E-state index contributed by atoms with van der Waals surface area (Å²) < 4.78 is 61.9. The molecule has 19 heavy (non-hydrogen) atoms. The van der Waals surface area contributed by atoms with Crippen LogP contribution in [0.15, 0.2) is 29.2 Å². The normalized spacial score (nSPS) is 24.0. The Morgan fingerprint density at radius 2 is 1.89 bits per heavy atom. The number of benzene rings is 1. The van der Waals surface area contributed by atoms with Gasteiger partial charge in [-0.3, -0.25) is 0 Å². The first-order valence-corrected chi connectivity index (χ1v) is 7.45. The van der Waals surface area contributed by atoms with Crippen molar-refractivity contribution >= 4 is 21.6 Å². The van der Waals surface area contributed by atoms with Gasteiger partial charge in [-0.05, 0) is 42.8 Å². The Morgan fingerprint density at radius 1 is 1.26 bits per heavy atom. The average molecular weight is 314 g/mol. The van der Waals surface area contributed by atoms with Gasteiger partial charge in [-0.25, -0.2) is 13.3 Å². The van der Waals surface area contributed by atoms with Crippen molar-refractivity contribution in [2.75, 3.05) is 0 Å². The summed E-state index contributed by atoms with van der Waals surface area (Å²) in [6.45, 7) is 0. The molecular formula is C11H11ClF3NO2S. The fraction of sp³-hybridized carbons (Fsp3) is 0.455. The third-order valence-corrected chi connectivity index (χ3v) is 5.66. The van der Waals surface area contributed by atoms with E-state index < -0.39 is 26.8 Å². The van der Waals surface area contributed by atoms with Crippen LogP contribution >= 0.6 is 11.8 Å². The molecule has 106 valence electrons. The topological polar surface area (TPSA) is 46.2 Å². The first-order chi connectivity index (χ1) is 8.75. The Kier molecular flexibility index (Phi) is 3.81. The van der Waals surface area contributed by atoms with Crippen LogP contribution in [-0.4, -0.2) is 19.7 Å². The Labute approximate surface area is 113 Å². The molecule has 1 N–H and O–H groups in total. The van der Waals surface area contributed by atoms with E-state index in [1.807, 2.05) is 0 Å². The molecule has 0 heterocycles. The largest absolute Gasteiger partial charge is 0.416 e. The van der Waals surface area contributed by atoms with Gasteiger partial charge in [0, 0.05) is 6.04 Å². The van der Waals surface area contributed by atoms with Crippen molar-refractivity contribution in [3.05, 3.63) is 29.8 Å². The van der Waals surface area contributed by atoms with Gasteiger partial charge in [0.2, 0.25) is 0 Å². The number of sulfone groups is 1. The molecule has 0 aliphatic heterocycles. The van der Waals surface area contributed by atoms with E-state index >= 15 is 0 Å². The zero-order valence-corrected chi connectivity index (χ0v) is 11.2. The highest BCUT2D eigenvalue weighted by Crippen LogP contribution is 2.35. The summed E-state index contributed by atoms with van der Waals surface area (Å²) in [6, 6.07) is 3.71. The number of halogens is 4. The molecule has 1 aromatic rings. The molecule has 8 heteroatoms. The van der Waals surface area contributed by atoms with E-state index in [0.29, 0.717) is 18.9 Å². The van der Waals surface area contributed by atoms with Gasteiger partial charge in [-0.1, -0.05) is 6.07 Å². The van der Waals surface area contributed by atoms with Gasteiger partial charge < -0.3 is 0 Å². The van der Waals surface area contributed by atoms with Gasteiger partial charge in [0.1, 0.15) is 0 Å². The van der Waals surface area contributed by atoms with Crippen molar-refractivity contribution in [2.24, 2.45) is 0 Å². The summed E-state index contributed by atoms with van der Waals surface area (Å²) >= 11 is 5.36. The monoisotopic (exact) mass is 313 g/mol. The highest BCUT2D eigenvalue weighted by atomic mass is 35.5. The third kappa shape index (κ3) is 2.88. The van der Waals surface area contributed by atoms with Crippen molar-refractivity contribution in [1.82, 2.24) is 4.84 Å². The molecular weight excluding hydrogens is 303 g/mol. The first kappa shape index (κ1) is 14.6. The van der Waals surface area contributed by atoms with Crippen molar-refractivity contribution in [3.8, 4) is 0 Å². The van der Waals surface area contributed by atoms with Crippen LogP contribution in [0.1, 0.15) is 18.4 Å². The van der Waals surface area contributed by atoms with Gasteiger partial charge >= 0.3 is 6.18 Å². The van der Waals surface area contributed by atoms with Crippen LogP contribution in [0, 0.1) is 0 Å². The molecule has 2 rings (SSSR count). The minimum absolute atomic E-state index is 0.104. The van der Waals surface area contributed by atoms with Crippen LogP contribution < -0.4 is 4.84 Å². The quantitative estimate of drug-likeness (QED) is 0.873. The maximum atomic E-state index is 12.5.